The Hall–Kier alpha value is -3.55. The number of carbonyl (C=O) groups excluding carboxylic acids is 1. The minimum absolute atomic E-state index is 0.102. The normalized spacial score (nSPS) is 12.3. The second-order valence-electron chi connectivity index (χ2n) is 5.32. The van der Waals surface area contributed by atoms with Crippen LogP contribution in [0.15, 0.2) is 75.1 Å². The van der Waals surface area contributed by atoms with E-state index in [1.165, 1.54) is 55.5 Å². The van der Waals surface area contributed by atoms with Crippen LogP contribution in [-0.2, 0) is 14.8 Å². The number of primary sulfonamides is 1. The molecule has 0 aromatic heterocycles. The van der Waals surface area contributed by atoms with E-state index in [2.05, 4.69) is 15.5 Å². The lowest BCUT2D eigenvalue weighted by Crippen LogP contribution is -2.15. The van der Waals surface area contributed by atoms with E-state index in [0.717, 1.165) is 0 Å². The molecule has 0 radical (unpaired) electrons. The molecule has 27 heavy (non-hydrogen) atoms. The Labute approximate surface area is 155 Å². The Bertz CT molecular complexity index is 1050. The third-order valence-electron chi connectivity index (χ3n) is 3.26. The van der Waals surface area contributed by atoms with Crippen molar-refractivity contribution in [3.05, 3.63) is 65.6 Å². The van der Waals surface area contributed by atoms with E-state index < -0.39 is 15.9 Å². The van der Waals surface area contributed by atoms with Crippen LogP contribution in [0.5, 0.6) is 0 Å². The number of benzene rings is 2. The van der Waals surface area contributed by atoms with Crippen molar-refractivity contribution in [3.8, 4) is 6.07 Å². The Morgan fingerprint density at radius 1 is 1.15 bits per heavy atom. The number of amides is 1. The largest absolute Gasteiger partial charge is 0.510 e. The van der Waals surface area contributed by atoms with Gasteiger partial charge in [0.25, 0.3) is 5.91 Å². The fourth-order valence-corrected chi connectivity index (χ4v) is 2.43. The van der Waals surface area contributed by atoms with Crippen molar-refractivity contribution in [1.82, 2.24) is 0 Å². The van der Waals surface area contributed by atoms with Crippen LogP contribution in [-0.4, -0.2) is 19.4 Å². The van der Waals surface area contributed by atoms with Crippen molar-refractivity contribution in [3.63, 3.8) is 0 Å². The minimum Gasteiger partial charge on any atom is -0.510 e. The highest BCUT2D eigenvalue weighted by atomic mass is 32.2. The summed E-state index contributed by atoms with van der Waals surface area (Å²) in [5, 5.41) is 33.5. The molecule has 0 atom stereocenters. The lowest BCUT2D eigenvalue weighted by molar-refractivity contribution is -0.113. The quantitative estimate of drug-likeness (QED) is 0.409. The predicted molar refractivity (Wildman–Crippen MR) is 97.4 cm³/mol. The van der Waals surface area contributed by atoms with Crippen LogP contribution in [0.3, 0.4) is 0 Å². The smallest absolute Gasteiger partial charge is 0.279 e. The highest BCUT2D eigenvalue weighted by molar-refractivity contribution is 7.89. The van der Waals surface area contributed by atoms with E-state index >= 15 is 0 Å². The average Bonchev–Trinajstić information content (AvgIpc) is 2.62. The van der Waals surface area contributed by atoms with Crippen molar-refractivity contribution in [1.29, 1.82) is 5.26 Å². The summed E-state index contributed by atoms with van der Waals surface area (Å²) >= 11 is 0. The molecule has 1 amide bonds. The molecule has 0 aliphatic heterocycles. The first-order chi connectivity index (χ1) is 12.7. The topological polar surface area (TPSA) is 158 Å². The molecule has 9 nitrogen and oxygen atoms in total. The molecule has 0 fully saturated rings. The standard InChI is InChI=1S/C17H15N5O4S/c1-11(23)16(22-21-14-4-2-12(10-18)3-5-14)17(24)20-13-6-8-15(9-7-13)27(19,25)26/h2-9,23H,1H3,(H,20,24)(H2,19,25,26)/b16-11+,22-21?. The van der Waals surface area contributed by atoms with Crippen molar-refractivity contribution in [2.24, 2.45) is 15.4 Å². The lowest BCUT2D eigenvalue weighted by Gasteiger charge is -2.06. The van der Waals surface area contributed by atoms with Gasteiger partial charge in [-0.2, -0.15) is 10.4 Å². The number of sulfonamides is 1. The summed E-state index contributed by atoms with van der Waals surface area (Å²) in [5.74, 6) is -1.10. The lowest BCUT2D eigenvalue weighted by atomic mass is 10.2. The average molecular weight is 385 g/mol. The van der Waals surface area contributed by atoms with Gasteiger partial charge in [-0.3, -0.25) is 4.79 Å². The number of azo groups is 1. The molecule has 0 aliphatic rings. The summed E-state index contributed by atoms with van der Waals surface area (Å²) in [6.45, 7) is 1.27. The molecule has 0 bridgehead atoms. The van der Waals surface area contributed by atoms with Crippen LogP contribution < -0.4 is 10.5 Å². The van der Waals surface area contributed by atoms with Crippen molar-refractivity contribution in [2.45, 2.75) is 11.8 Å². The van der Waals surface area contributed by atoms with Gasteiger partial charge in [0.1, 0.15) is 5.76 Å². The molecule has 0 saturated carbocycles. The summed E-state index contributed by atoms with van der Waals surface area (Å²) in [6.07, 6.45) is 0. The van der Waals surface area contributed by atoms with Gasteiger partial charge in [-0.15, -0.1) is 5.11 Å². The van der Waals surface area contributed by atoms with Gasteiger partial charge >= 0.3 is 0 Å². The van der Waals surface area contributed by atoms with Crippen molar-refractivity contribution in [2.75, 3.05) is 5.32 Å². The van der Waals surface area contributed by atoms with Crippen LogP contribution in [0, 0.1) is 11.3 Å². The van der Waals surface area contributed by atoms with Crippen LogP contribution in [0.2, 0.25) is 0 Å². The predicted octanol–water partition coefficient (Wildman–Crippen LogP) is 2.72. The summed E-state index contributed by atoms with van der Waals surface area (Å²) in [7, 11) is -3.84. The van der Waals surface area contributed by atoms with E-state index in [4.69, 9.17) is 10.4 Å². The zero-order chi connectivity index (χ0) is 20.0. The Morgan fingerprint density at radius 2 is 1.74 bits per heavy atom. The third kappa shape index (κ3) is 5.46. The molecule has 0 heterocycles. The Morgan fingerprint density at radius 3 is 2.22 bits per heavy atom. The fraction of sp³-hybridized carbons (Fsp3) is 0.0588. The highest BCUT2D eigenvalue weighted by Crippen LogP contribution is 2.18. The molecular weight excluding hydrogens is 370 g/mol. The highest BCUT2D eigenvalue weighted by Gasteiger charge is 2.14. The molecule has 2 aromatic carbocycles. The molecule has 2 aromatic rings. The second kappa shape index (κ2) is 8.22. The molecule has 0 aliphatic carbocycles. The van der Waals surface area contributed by atoms with Crippen LogP contribution in [0.1, 0.15) is 12.5 Å². The number of rotatable bonds is 5. The number of aliphatic hydroxyl groups excluding tert-OH is 1. The summed E-state index contributed by atoms with van der Waals surface area (Å²) in [6, 6.07) is 13.3. The first-order valence-corrected chi connectivity index (χ1v) is 9.01. The molecule has 0 spiro atoms. The van der Waals surface area contributed by atoms with E-state index in [9.17, 15) is 18.3 Å². The molecule has 0 unspecified atom stereocenters. The van der Waals surface area contributed by atoms with Crippen molar-refractivity contribution >= 4 is 27.3 Å². The molecule has 138 valence electrons. The molecular formula is C17H15N5O4S. The fourth-order valence-electron chi connectivity index (χ4n) is 1.91. The zero-order valence-corrected chi connectivity index (χ0v) is 14.9. The number of hydrogen-bond acceptors (Lipinski definition) is 7. The second-order valence-corrected chi connectivity index (χ2v) is 6.88. The zero-order valence-electron chi connectivity index (χ0n) is 14.1. The summed E-state index contributed by atoms with van der Waals surface area (Å²) in [5.41, 5.74) is 0.788. The van der Waals surface area contributed by atoms with Crippen LogP contribution >= 0.6 is 0 Å². The summed E-state index contributed by atoms with van der Waals surface area (Å²) in [4.78, 5) is 12.2. The number of carbonyl (C=O) groups is 1. The van der Waals surface area contributed by atoms with Gasteiger partial charge in [-0.05, 0) is 55.5 Å². The number of aliphatic hydroxyl groups is 1. The van der Waals surface area contributed by atoms with Crippen LogP contribution in [0.25, 0.3) is 0 Å². The molecule has 2 rings (SSSR count). The van der Waals surface area contributed by atoms with E-state index in [1.807, 2.05) is 6.07 Å². The van der Waals surface area contributed by atoms with Gasteiger partial charge in [-0.1, -0.05) is 0 Å². The monoisotopic (exact) mass is 385 g/mol. The number of nitrogens with two attached hydrogens (primary N) is 1. The molecule has 4 N–H and O–H groups in total. The molecule has 0 saturated heterocycles. The van der Waals surface area contributed by atoms with Gasteiger partial charge < -0.3 is 10.4 Å². The Kier molecular flexibility index (Phi) is 6.02. The van der Waals surface area contributed by atoms with Crippen molar-refractivity contribution < 1.29 is 18.3 Å². The van der Waals surface area contributed by atoms with E-state index in [-0.39, 0.29) is 22.0 Å². The number of nitriles is 1. The van der Waals surface area contributed by atoms with Gasteiger partial charge in [0.15, 0.2) is 5.70 Å². The number of nitrogens with zero attached hydrogens (tertiary/aromatic N) is 3. The van der Waals surface area contributed by atoms with Gasteiger partial charge in [-0.25, -0.2) is 13.6 Å². The maximum atomic E-state index is 12.3. The van der Waals surface area contributed by atoms with Crippen LogP contribution in [0.4, 0.5) is 11.4 Å². The van der Waals surface area contributed by atoms with Gasteiger partial charge in [0, 0.05) is 5.69 Å². The number of nitrogens with one attached hydrogen (secondary N) is 1. The number of allylic oxidation sites excluding steroid dienone is 1. The summed E-state index contributed by atoms with van der Waals surface area (Å²) < 4.78 is 22.5. The molecule has 10 heteroatoms. The Balaban J connectivity index is 2.16. The number of anilines is 1. The number of hydrogen-bond donors (Lipinski definition) is 3. The van der Waals surface area contributed by atoms with E-state index in [0.29, 0.717) is 11.3 Å². The third-order valence-corrected chi connectivity index (χ3v) is 4.19. The van der Waals surface area contributed by atoms with Gasteiger partial charge in [0.2, 0.25) is 10.0 Å². The SMILES string of the molecule is C/C(O)=C(\N=Nc1ccc(C#N)cc1)C(=O)Nc1ccc(S(N)(=O)=O)cc1. The van der Waals surface area contributed by atoms with Gasteiger partial charge in [0.05, 0.1) is 22.2 Å². The first-order valence-electron chi connectivity index (χ1n) is 7.46. The maximum Gasteiger partial charge on any atom is 0.279 e. The minimum atomic E-state index is -3.84. The van der Waals surface area contributed by atoms with E-state index in [1.54, 1.807) is 0 Å². The first kappa shape index (κ1) is 19.8. The maximum absolute atomic E-state index is 12.3.